The molecule has 1 saturated carbocycles. The number of Topliss-reactive ketones (excluding diaryl/α,β-unsaturated/α-hetero) is 1. The maximum absolute atomic E-state index is 11.3. The number of ketones is 1. The highest BCUT2D eigenvalue weighted by Gasteiger charge is 2.22. The fourth-order valence-corrected chi connectivity index (χ4v) is 2.55. The molecule has 2 rings (SSSR count). The highest BCUT2D eigenvalue weighted by molar-refractivity contribution is 5.94. The van der Waals surface area contributed by atoms with Gasteiger partial charge in [-0.2, -0.15) is 0 Å². The van der Waals surface area contributed by atoms with E-state index in [1.165, 1.54) is 25.7 Å². The molecular formula is C14H20N2O. The number of nitrogens with zero attached hydrogens (tertiary/aromatic N) is 2. The van der Waals surface area contributed by atoms with E-state index >= 15 is 0 Å². The summed E-state index contributed by atoms with van der Waals surface area (Å²) in [5.41, 5.74) is 1.47. The topological polar surface area (TPSA) is 42.9 Å². The van der Waals surface area contributed by atoms with Gasteiger partial charge in [0.2, 0.25) is 0 Å². The Bertz CT molecular complexity index is 420. The van der Waals surface area contributed by atoms with Crippen LogP contribution >= 0.6 is 0 Å². The van der Waals surface area contributed by atoms with Crippen LogP contribution in [0.5, 0.6) is 0 Å². The average molecular weight is 232 g/mol. The molecule has 0 spiro atoms. The second-order valence-corrected chi connectivity index (χ2v) is 5.24. The molecule has 1 aromatic rings. The summed E-state index contributed by atoms with van der Waals surface area (Å²) in [6.07, 6.45) is 6.58. The number of aromatic nitrogens is 2. The van der Waals surface area contributed by atoms with E-state index in [-0.39, 0.29) is 5.78 Å². The zero-order chi connectivity index (χ0) is 12.4. The van der Waals surface area contributed by atoms with Gasteiger partial charge >= 0.3 is 0 Å². The van der Waals surface area contributed by atoms with E-state index in [2.05, 4.69) is 16.9 Å². The van der Waals surface area contributed by atoms with E-state index < -0.39 is 0 Å². The van der Waals surface area contributed by atoms with Crippen LogP contribution in [0.15, 0.2) is 6.20 Å². The van der Waals surface area contributed by atoms with Crippen molar-refractivity contribution < 1.29 is 4.79 Å². The van der Waals surface area contributed by atoms with Crippen LogP contribution < -0.4 is 0 Å². The van der Waals surface area contributed by atoms with Gasteiger partial charge in [-0.05, 0) is 32.6 Å². The summed E-state index contributed by atoms with van der Waals surface area (Å²) in [6.45, 7) is 5.77. The van der Waals surface area contributed by atoms with E-state index in [1.54, 1.807) is 13.1 Å². The Hall–Kier alpha value is -1.25. The predicted molar refractivity (Wildman–Crippen MR) is 67.1 cm³/mol. The zero-order valence-corrected chi connectivity index (χ0v) is 10.9. The number of rotatable bonds is 2. The SMILES string of the molecule is CC(=O)c1cnc(C2CCC(C)CC2)nc1C. The smallest absolute Gasteiger partial charge is 0.163 e. The van der Waals surface area contributed by atoms with E-state index in [9.17, 15) is 4.79 Å². The second-order valence-electron chi connectivity index (χ2n) is 5.24. The fraction of sp³-hybridized carbons (Fsp3) is 0.643. The van der Waals surface area contributed by atoms with Crippen molar-refractivity contribution in [1.29, 1.82) is 0 Å². The number of hydrogen-bond donors (Lipinski definition) is 0. The maximum atomic E-state index is 11.3. The first-order valence-corrected chi connectivity index (χ1v) is 6.42. The highest BCUT2D eigenvalue weighted by atomic mass is 16.1. The predicted octanol–water partition coefficient (Wildman–Crippen LogP) is 3.28. The van der Waals surface area contributed by atoms with Crippen LogP contribution in [0.1, 0.15) is 67.3 Å². The monoisotopic (exact) mass is 232 g/mol. The summed E-state index contributed by atoms with van der Waals surface area (Å²) >= 11 is 0. The van der Waals surface area contributed by atoms with Gasteiger partial charge in [0.1, 0.15) is 5.82 Å². The quantitative estimate of drug-likeness (QED) is 0.735. The second kappa shape index (κ2) is 4.94. The molecule has 0 radical (unpaired) electrons. The van der Waals surface area contributed by atoms with E-state index in [1.807, 2.05) is 6.92 Å². The van der Waals surface area contributed by atoms with Crippen LogP contribution in [0.25, 0.3) is 0 Å². The third kappa shape index (κ3) is 2.71. The molecule has 92 valence electrons. The Morgan fingerprint density at radius 2 is 1.94 bits per heavy atom. The Labute approximate surface area is 103 Å². The van der Waals surface area contributed by atoms with Crippen molar-refractivity contribution in [2.75, 3.05) is 0 Å². The first kappa shape index (κ1) is 12.2. The van der Waals surface area contributed by atoms with Crippen molar-refractivity contribution in [3.8, 4) is 0 Å². The Morgan fingerprint density at radius 3 is 2.47 bits per heavy atom. The standard InChI is InChI=1S/C14H20N2O/c1-9-4-6-12(7-5-9)14-15-8-13(11(3)17)10(2)16-14/h8-9,12H,4-7H2,1-3H3. The number of carbonyl (C=O) groups is 1. The number of aryl methyl sites for hydroxylation is 1. The van der Waals surface area contributed by atoms with Crippen molar-refractivity contribution in [3.05, 3.63) is 23.3 Å². The Balaban J connectivity index is 2.17. The fourth-order valence-electron chi connectivity index (χ4n) is 2.55. The molecule has 0 atom stereocenters. The van der Waals surface area contributed by atoms with Crippen LogP contribution in [0.4, 0.5) is 0 Å². The summed E-state index contributed by atoms with van der Waals surface area (Å²) in [4.78, 5) is 20.2. The van der Waals surface area contributed by atoms with E-state index in [0.29, 0.717) is 11.5 Å². The Morgan fingerprint density at radius 1 is 1.29 bits per heavy atom. The van der Waals surface area contributed by atoms with Crippen LogP contribution in [-0.4, -0.2) is 15.8 Å². The lowest BCUT2D eigenvalue weighted by Crippen LogP contribution is -2.15. The number of hydrogen-bond acceptors (Lipinski definition) is 3. The first-order chi connectivity index (χ1) is 8.08. The molecule has 3 nitrogen and oxygen atoms in total. The molecule has 0 saturated heterocycles. The van der Waals surface area contributed by atoms with Crippen LogP contribution in [-0.2, 0) is 0 Å². The van der Waals surface area contributed by atoms with Crippen molar-refractivity contribution >= 4 is 5.78 Å². The first-order valence-electron chi connectivity index (χ1n) is 6.42. The van der Waals surface area contributed by atoms with Crippen molar-refractivity contribution in [1.82, 2.24) is 9.97 Å². The molecule has 1 fully saturated rings. The molecule has 0 bridgehead atoms. The molecular weight excluding hydrogens is 212 g/mol. The molecule has 1 aliphatic rings. The minimum Gasteiger partial charge on any atom is -0.294 e. The average Bonchev–Trinajstić information content (AvgIpc) is 2.29. The summed E-state index contributed by atoms with van der Waals surface area (Å²) in [6, 6.07) is 0. The normalized spacial score (nSPS) is 24.6. The molecule has 0 aromatic carbocycles. The highest BCUT2D eigenvalue weighted by Crippen LogP contribution is 2.33. The molecule has 1 aromatic heterocycles. The van der Waals surface area contributed by atoms with Gasteiger partial charge in [-0.1, -0.05) is 19.8 Å². The van der Waals surface area contributed by atoms with Gasteiger partial charge < -0.3 is 0 Å². The van der Waals surface area contributed by atoms with Gasteiger partial charge in [0.05, 0.1) is 11.3 Å². The Kier molecular flexibility index (Phi) is 3.55. The zero-order valence-electron chi connectivity index (χ0n) is 10.9. The third-order valence-corrected chi connectivity index (χ3v) is 3.76. The lowest BCUT2D eigenvalue weighted by molar-refractivity contribution is 0.101. The van der Waals surface area contributed by atoms with Gasteiger partial charge in [0.25, 0.3) is 0 Å². The van der Waals surface area contributed by atoms with Crippen LogP contribution in [0, 0.1) is 12.8 Å². The van der Waals surface area contributed by atoms with E-state index in [0.717, 1.165) is 17.4 Å². The van der Waals surface area contributed by atoms with Gasteiger partial charge in [-0.15, -0.1) is 0 Å². The summed E-state index contributed by atoms with van der Waals surface area (Å²) in [7, 11) is 0. The van der Waals surface area contributed by atoms with Gasteiger partial charge in [0, 0.05) is 12.1 Å². The summed E-state index contributed by atoms with van der Waals surface area (Å²) in [5.74, 6) is 2.31. The largest absolute Gasteiger partial charge is 0.294 e. The summed E-state index contributed by atoms with van der Waals surface area (Å²) in [5, 5.41) is 0. The lowest BCUT2D eigenvalue weighted by Gasteiger charge is -2.25. The van der Waals surface area contributed by atoms with Crippen LogP contribution in [0.2, 0.25) is 0 Å². The van der Waals surface area contributed by atoms with Gasteiger partial charge in [0.15, 0.2) is 5.78 Å². The molecule has 17 heavy (non-hydrogen) atoms. The third-order valence-electron chi connectivity index (χ3n) is 3.76. The van der Waals surface area contributed by atoms with Gasteiger partial charge in [-0.25, -0.2) is 9.97 Å². The molecule has 0 aliphatic heterocycles. The minimum absolute atomic E-state index is 0.0475. The lowest BCUT2D eigenvalue weighted by atomic mass is 9.82. The molecule has 3 heteroatoms. The molecule has 0 unspecified atom stereocenters. The number of carbonyl (C=O) groups excluding carboxylic acids is 1. The van der Waals surface area contributed by atoms with Gasteiger partial charge in [-0.3, -0.25) is 4.79 Å². The van der Waals surface area contributed by atoms with E-state index in [4.69, 9.17) is 0 Å². The minimum atomic E-state index is 0.0475. The molecule has 1 heterocycles. The van der Waals surface area contributed by atoms with Crippen molar-refractivity contribution in [3.63, 3.8) is 0 Å². The maximum Gasteiger partial charge on any atom is 0.163 e. The van der Waals surface area contributed by atoms with Crippen molar-refractivity contribution in [2.24, 2.45) is 5.92 Å². The molecule has 1 aliphatic carbocycles. The molecule has 0 amide bonds. The van der Waals surface area contributed by atoms with Crippen molar-refractivity contribution in [2.45, 2.75) is 52.4 Å². The summed E-state index contributed by atoms with van der Waals surface area (Å²) < 4.78 is 0. The van der Waals surface area contributed by atoms with Crippen LogP contribution in [0.3, 0.4) is 0 Å². The molecule has 0 N–H and O–H groups in total.